The Morgan fingerprint density at radius 3 is 2.69 bits per heavy atom. The number of benzene rings is 1. The lowest BCUT2D eigenvalue weighted by molar-refractivity contribution is 0.257. The highest BCUT2D eigenvalue weighted by Gasteiger charge is 2.13. The Bertz CT molecular complexity index is 348. The molecule has 3 nitrogen and oxygen atoms in total. The van der Waals surface area contributed by atoms with E-state index in [9.17, 15) is 5.11 Å². The molecule has 0 radical (unpaired) electrons. The fourth-order valence-corrected chi connectivity index (χ4v) is 1.94. The van der Waals surface area contributed by atoms with Gasteiger partial charge in [0.25, 0.3) is 0 Å². The van der Waals surface area contributed by atoms with Gasteiger partial charge >= 0.3 is 0 Å². The van der Waals surface area contributed by atoms with Crippen molar-refractivity contribution in [1.82, 2.24) is 5.32 Å². The first-order valence-corrected chi connectivity index (χ1v) is 5.86. The lowest BCUT2D eigenvalue weighted by Crippen LogP contribution is -2.32. The van der Waals surface area contributed by atoms with E-state index >= 15 is 0 Å². The number of aliphatic imine (C=N–C) groups is 1. The Kier molecular flexibility index (Phi) is 3.94. The number of aliphatic hydroxyl groups excluding tert-OH is 1. The second kappa shape index (κ2) is 5.66. The van der Waals surface area contributed by atoms with Gasteiger partial charge in [-0.2, -0.15) is 0 Å². The maximum atomic E-state index is 9.39. The first-order chi connectivity index (χ1) is 7.90. The molecule has 1 heterocycles. The number of aliphatic hydroxyl groups is 1. The van der Waals surface area contributed by atoms with Crippen LogP contribution in [0.15, 0.2) is 35.3 Å². The van der Waals surface area contributed by atoms with Crippen LogP contribution in [0.3, 0.4) is 0 Å². The van der Waals surface area contributed by atoms with E-state index in [1.54, 1.807) is 0 Å². The molecule has 2 N–H and O–H groups in total. The molecular formula is C13H18N2O. The van der Waals surface area contributed by atoms with E-state index in [1.165, 1.54) is 12.8 Å². The van der Waals surface area contributed by atoms with Crippen LogP contribution in [0.1, 0.15) is 30.9 Å². The van der Waals surface area contributed by atoms with Gasteiger partial charge in [0.05, 0.1) is 18.5 Å². The molecule has 0 amide bonds. The standard InChI is InChI=1S/C13H18N2O/c16-10-12(11-6-2-1-3-7-11)15-13-8-4-5-9-14-13/h1-3,6-7,12,16H,4-5,8-10H2,(H,14,15). The van der Waals surface area contributed by atoms with Crippen LogP contribution in [0.2, 0.25) is 0 Å². The molecule has 1 aliphatic heterocycles. The predicted molar refractivity (Wildman–Crippen MR) is 65.6 cm³/mol. The summed E-state index contributed by atoms with van der Waals surface area (Å²) in [7, 11) is 0. The summed E-state index contributed by atoms with van der Waals surface area (Å²) in [6.45, 7) is 1.01. The molecule has 1 aromatic rings. The molecule has 1 aromatic carbocycles. The summed E-state index contributed by atoms with van der Waals surface area (Å²) in [6, 6.07) is 9.98. The van der Waals surface area contributed by atoms with Gasteiger partial charge in [-0.1, -0.05) is 30.3 Å². The molecule has 0 fully saturated rings. The minimum Gasteiger partial charge on any atom is -0.394 e. The van der Waals surface area contributed by atoms with Crippen molar-refractivity contribution >= 4 is 5.84 Å². The van der Waals surface area contributed by atoms with E-state index in [-0.39, 0.29) is 12.6 Å². The highest BCUT2D eigenvalue weighted by atomic mass is 16.3. The third kappa shape index (κ3) is 2.83. The third-order valence-corrected chi connectivity index (χ3v) is 2.85. The van der Waals surface area contributed by atoms with Crippen LogP contribution >= 0.6 is 0 Å². The van der Waals surface area contributed by atoms with E-state index in [0.29, 0.717) is 0 Å². The average Bonchev–Trinajstić information content (AvgIpc) is 2.38. The van der Waals surface area contributed by atoms with E-state index in [0.717, 1.165) is 24.4 Å². The highest BCUT2D eigenvalue weighted by molar-refractivity contribution is 5.83. The predicted octanol–water partition coefficient (Wildman–Crippen LogP) is 1.89. The number of nitrogens with zero attached hydrogens (tertiary/aromatic N) is 1. The molecule has 0 spiro atoms. The number of hydrogen-bond acceptors (Lipinski definition) is 3. The summed E-state index contributed by atoms with van der Waals surface area (Å²) >= 11 is 0. The zero-order chi connectivity index (χ0) is 11.2. The maximum Gasteiger partial charge on any atom is 0.0968 e. The molecule has 0 aliphatic carbocycles. The van der Waals surface area contributed by atoms with Crippen molar-refractivity contribution in [3.63, 3.8) is 0 Å². The molecule has 1 atom stereocenters. The molecule has 1 unspecified atom stereocenters. The Morgan fingerprint density at radius 1 is 1.25 bits per heavy atom. The first-order valence-electron chi connectivity index (χ1n) is 5.86. The fourth-order valence-electron chi connectivity index (χ4n) is 1.94. The summed E-state index contributed by atoms with van der Waals surface area (Å²) in [6.07, 6.45) is 3.38. The van der Waals surface area contributed by atoms with Crippen molar-refractivity contribution in [2.45, 2.75) is 25.3 Å². The van der Waals surface area contributed by atoms with Crippen molar-refractivity contribution in [2.24, 2.45) is 4.99 Å². The van der Waals surface area contributed by atoms with Crippen molar-refractivity contribution in [2.75, 3.05) is 13.2 Å². The quantitative estimate of drug-likeness (QED) is 0.813. The summed E-state index contributed by atoms with van der Waals surface area (Å²) in [5.41, 5.74) is 1.11. The van der Waals surface area contributed by atoms with Crippen LogP contribution in [0, 0.1) is 0 Å². The molecule has 0 saturated carbocycles. The Balaban J connectivity index is 2.03. The Labute approximate surface area is 96.2 Å². The number of hydrogen-bond donors (Lipinski definition) is 2. The van der Waals surface area contributed by atoms with E-state index in [2.05, 4.69) is 10.3 Å². The van der Waals surface area contributed by atoms with Crippen LogP contribution < -0.4 is 5.32 Å². The van der Waals surface area contributed by atoms with E-state index in [1.807, 2.05) is 30.3 Å². The molecule has 16 heavy (non-hydrogen) atoms. The minimum absolute atomic E-state index is 0.0296. The van der Waals surface area contributed by atoms with Gasteiger partial charge in [-0.25, -0.2) is 0 Å². The van der Waals surface area contributed by atoms with Crippen LogP contribution in [-0.4, -0.2) is 24.1 Å². The number of nitrogens with one attached hydrogen (secondary N) is 1. The van der Waals surface area contributed by atoms with Crippen molar-refractivity contribution in [3.8, 4) is 0 Å². The summed E-state index contributed by atoms with van der Waals surface area (Å²) < 4.78 is 0. The third-order valence-electron chi connectivity index (χ3n) is 2.85. The Hall–Kier alpha value is -1.35. The molecule has 1 aliphatic rings. The van der Waals surface area contributed by atoms with E-state index < -0.39 is 0 Å². The lowest BCUT2D eigenvalue weighted by Gasteiger charge is -2.21. The second-order valence-corrected chi connectivity index (χ2v) is 4.08. The summed E-state index contributed by atoms with van der Waals surface area (Å²) in [4.78, 5) is 4.44. The minimum atomic E-state index is -0.0296. The first kappa shape index (κ1) is 11.1. The van der Waals surface area contributed by atoms with Gasteiger partial charge in [0.15, 0.2) is 0 Å². The Morgan fingerprint density at radius 2 is 2.06 bits per heavy atom. The SMILES string of the molecule is OCC(NC1=NCCCC1)c1ccccc1. The largest absolute Gasteiger partial charge is 0.394 e. The fraction of sp³-hybridized carbons (Fsp3) is 0.462. The van der Waals surface area contributed by atoms with Gasteiger partial charge in [-0.3, -0.25) is 4.99 Å². The van der Waals surface area contributed by atoms with Crippen LogP contribution in [0.4, 0.5) is 0 Å². The van der Waals surface area contributed by atoms with Crippen LogP contribution in [0.5, 0.6) is 0 Å². The van der Waals surface area contributed by atoms with Gasteiger partial charge < -0.3 is 10.4 Å². The topological polar surface area (TPSA) is 44.6 Å². The normalized spacial score (nSPS) is 17.7. The highest BCUT2D eigenvalue weighted by Crippen LogP contribution is 2.13. The lowest BCUT2D eigenvalue weighted by atomic mass is 10.1. The van der Waals surface area contributed by atoms with Gasteiger partial charge in [-0.15, -0.1) is 0 Å². The second-order valence-electron chi connectivity index (χ2n) is 4.08. The molecule has 3 heteroatoms. The van der Waals surface area contributed by atoms with Gasteiger partial charge in [-0.05, 0) is 18.4 Å². The smallest absolute Gasteiger partial charge is 0.0968 e. The molecular weight excluding hydrogens is 200 g/mol. The molecule has 0 saturated heterocycles. The maximum absolute atomic E-state index is 9.39. The summed E-state index contributed by atoms with van der Waals surface area (Å²) in [5, 5.41) is 12.7. The van der Waals surface area contributed by atoms with Crippen LogP contribution in [0.25, 0.3) is 0 Å². The summed E-state index contributed by atoms with van der Waals surface area (Å²) in [5.74, 6) is 1.04. The zero-order valence-electron chi connectivity index (χ0n) is 9.39. The van der Waals surface area contributed by atoms with Gasteiger partial charge in [0.1, 0.15) is 0 Å². The monoisotopic (exact) mass is 218 g/mol. The zero-order valence-corrected chi connectivity index (χ0v) is 9.39. The van der Waals surface area contributed by atoms with Crippen LogP contribution in [-0.2, 0) is 0 Å². The molecule has 2 rings (SSSR count). The number of rotatable bonds is 3. The van der Waals surface area contributed by atoms with Gasteiger partial charge in [0, 0.05) is 13.0 Å². The molecule has 0 bridgehead atoms. The van der Waals surface area contributed by atoms with Crippen molar-refractivity contribution < 1.29 is 5.11 Å². The van der Waals surface area contributed by atoms with E-state index in [4.69, 9.17) is 0 Å². The van der Waals surface area contributed by atoms with Gasteiger partial charge in [0.2, 0.25) is 0 Å². The van der Waals surface area contributed by atoms with Crippen molar-refractivity contribution in [1.29, 1.82) is 0 Å². The average molecular weight is 218 g/mol. The molecule has 86 valence electrons. The molecule has 0 aromatic heterocycles. The van der Waals surface area contributed by atoms with Crippen molar-refractivity contribution in [3.05, 3.63) is 35.9 Å². The number of amidine groups is 1.